The summed E-state index contributed by atoms with van der Waals surface area (Å²) < 4.78 is 5.28. The number of carboxylic acid groups (broad SMARTS) is 1. The molecule has 1 amide bonds. The number of ether oxygens (including phenoxy) is 1. The molecule has 1 aromatic rings. The number of anilines is 1. The number of nitrogens with one attached hydrogen (secondary N) is 1. The second-order valence-electron chi connectivity index (χ2n) is 6.06. The molecule has 9 heteroatoms. The van der Waals surface area contributed by atoms with Gasteiger partial charge >= 0.3 is 5.97 Å². The van der Waals surface area contributed by atoms with E-state index in [1.807, 2.05) is 6.92 Å². The molecule has 1 saturated heterocycles. The monoisotopic (exact) mass is 365 g/mol. The van der Waals surface area contributed by atoms with E-state index in [0.717, 1.165) is 0 Å². The van der Waals surface area contributed by atoms with Crippen LogP contribution in [0.2, 0.25) is 0 Å². The van der Waals surface area contributed by atoms with Crippen molar-refractivity contribution in [2.75, 3.05) is 37.7 Å². The summed E-state index contributed by atoms with van der Waals surface area (Å²) >= 11 is 0. The number of morpholine rings is 1. The third kappa shape index (κ3) is 4.69. The number of rotatable bonds is 8. The number of nitro groups is 1. The van der Waals surface area contributed by atoms with Gasteiger partial charge in [-0.15, -0.1) is 0 Å². The fourth-order valence-corrected chi connectivity index (χ4v) is 2.95. The predicted molar refractivity (Wildman–Crippen MR) is 94.5 cm³/mol. The number of nitro benzene ring substituents is 1. The first-order valence-electron chi connectivity index (χ1n) is 8.56. The van der Waals surface area contributed by atoms with Gasteiger partial charge in [0.25, 0.3) is 11.6 Å². The molecule has 0 radical (unpaired) electrons. The molecular formula is C17H23N3O6. The number of para-hydroxylation sites is 1. The Kier molecular flexibility index (Phi) is 6.90. The van der Waals surface area contributed by atoms with E-state index in [0.29, 0.717) is 39.1 Å². The summed E-state index contributed by atoms with van der Waals surface area (Å²) in [6.45, 7) is 3.58. The standard InChI is InChI=1S/C17H23N3O6/c1-2-4-12(17(22)23)11-18-16(21)13-5-3-6-14(20(24)25)15(13)19-7-9-26-10-8-19/h3,5-6,12H,2,4,7-11H2,1H3,(H,18,21)(H,22,23). The third-order valence-corrected chi connectivity index (χ3v) is 4.28. The van der Waals surface area contributed by atoms with Crippen molar-refractivity contribution in [3.8, 4) is 0 Å². The summed E-state index contributed by atoms with van der Waals surface area (Å²) in [6, 6.07) is 4.33. The highest BCUT2D eigenvalue weighted by Crippen LogP contribution is 2.32. The Labute approximate surface area is 151 Å². The highest BCUT2D eigenvalue weighted by atomic mass is 16.6. The van der Waals surface area contributed by atoms with E-state index < -0.39 is 22.7 Å². The second-order valence-corrected chi connectivity index (χ2v) is 6.06. The summed E-state index contributed by atoms with van der Waals surface area (Å²) in [5, 5.41) is 23.2. The van der Waals surface area contributed by atoms with Crippen LogP contribution in [-0.4, -0.2) is 54.8 Å². The Balaban J connectivity index is 2.26. The third-order valence-electron chi connectivity index (χ3n) is 4.28. The van der Waals surface area contributed by atoms with Gasteiger partial charge in [0.2, 0.25) is 0 Å². The first-order valence-corrected chi connectivity index (χ1v) is 8.56. The Hall–Kier alpha value is -2.68. The van der Waals surface area contributed by atoms with Crippen LogP contribution in [0, 0.1) is 16.0 Å². The molecule has 0 bridgehead atoms. The number of nitrogens with zero attached hydrogens (tertiary/aromatic N) is 2. The average molecular weight is 365 g/mol. The van der Waals surface area contributed by atoms with Gasteiger partial charge in [-0.3, -0.25) is 19.7 Å². The molecule has 1 aliphatic rings. The number of amides is 1. The van der Waals surface area contributed by atoms with Crippen LogP contribution in [0.5, 0.6) is 0 Å². The Morgan fingerprint density at radius 3 is 2.65 bits per heavy atom. The zero-order chi connectivity index (χ0) is 19.1. The molecule has 2 N–H and O–H groups in total. The molecule has 1 unspecified atom stereocenters. The van der Waals surface area contributed by atoms with Crippen molar-refractivity contribution in [2.24, 2.45) is 5.92 Å². The maximum absolute atomic E-state index is 12.6. The van der Waals surface area contributed by atoms with Gasteiger partial charge in [0.05, 0.1) is 29.6 Å². The number of hydrogen-bond donors (Lipinski definition) is 2. The molecule has 1 fully saturated rings. The first-order chi connectivity index (χ1) is 12.5. The van der Waals surface area contributed by atoms with Crippen molar-refractivity contribution >= 4 is 23.3 Å². The maximum atomic E-state index is 12.6. The summed E-state index contributed by atoms with van der Waals surface area (Å²) in [6.07, 6.45) is 1.13. The van der Waals surface area contributed by atoms with Gasteiger partial charge in [-0.1, -0.05) is 19.4 Å². The number of carbonyl (C=O) groups is 2. The normalized spacial score (nSPS) is 15.3. The largest absolute Gasteiger partial charge is 0.481 e. The SMILES string of the molecule is CCCC(CNC(=O)c1cccc([N+](=O)[O-])c1N1CCOCC1)C(=O)O. The molecule has 9 nitrogen and oxygen atoms in total. The molecule has 1 atom stereocenters. The molecule has 2 rings (SSSR count). The number of carboxylic acids is 1. The smallest absolute Gasteiger partial charge is 0.308 e. The van der Waals surface area contributed by atoms with Crippen LogP contribution >= 0.6 is 0 Å². The zero-order valence-electron chi connectivity index (χ0n) is 14.6. The van der Waals surface area contributed by atoms with Crippen LogP contribution in [0.1, 0.15) is 30.1 Å². The van der Waals surface area contributed by atoms with E-state index in [-0.39, 0.29) is 23.5 Å². The lowest BCUT2D eigenvalue weighted by molar-refractivity contribution is -0.384. The molecule has 1 aromatic carbocycles. The molecule has 1 aliphatic heterocycles. The number of benzene rings is 1. The minimum atomic E-state index is -0.973. The lowest BCUT2D eigenvalue weighted by Crippen LogP contribution is -2.39. The van der Waals surface area contributed by atoms with E-state index in [2.05, 4.69) is 5.32 Å². The van der Waals surface area contributed by atoms with Crippen LogP contribution in [-0.2, 0) is 9.53 Å². The predicted octanol–water partition coefficient (Wildman–Crippen LogP) is 1.66. The van der Waals surface area contributed by atoms with Gasteiger partial charge in [-0.2, -0.15) is 0 Å². The van der Waals surface area contributed by atoms with Crippen molar-refractivity contribution in [3.05, 3.63) is 33.9 Å². The van der Waals surface area contributed by atoms with Gasteiger partial charge in [-0.25, -0.2) is 0 Å². The van der Waals surface area contributed by atoms with Gasteiger partial charge in [-0.05, 0) is 12.5 Å². The van der Waals surface area contributed by atoms with Crippen molar-refractivity contribution < 1.29 is 24.4 Å². The van der Waals surface area contributed by atoms with E-state index >= 15 is 0 Å². The lowest BCUT2D eigenvalue weighted by Gasteiger charge is -2.29. The number of aliphatic carboxylic acids is 1. The van der Waals surface area contributed by atoms with Gasteiger partial charge in [0, 0.05) is 25.7 Å². The molecule has 1 heterocycles. The molecule has 0 aromatic heterocycles. The fourth-order valence-electron chi connectivity index (χ4n) is 2.95. The van der Waals surface area contributed by atoms with E-state index in [1.54, 1.807) is 4.90 Å². The first kappa shape index (κ1) is 19.6. The minimum Gasteiger partial charge on any atom is -0.481 e. The van der Waals surface area contributed by atoms with E-state index in [1.165, 1.54) is 18.2 Å². The highest BCUT2D eigenvalue weighted by Gasteiger charge is 2.28. The van der Waals surface area contributed by atoms with Crippen molar-refractivity contribution in [2.45, 2.75) is 19.8 Å². The molecule has 0 aliphatic carbocycles. The summed E-state index contributed by atoms with van der Waals surface area (Å²) in [4.78, 5) is 36.5. The molecular weight excluding hydrogens is 342 g/mol. The van der Waals surface area contributed by atoms with E-state index in [4.69, 9.17) is 4.74 Å². The maximum Gasteiger partial charge on any atom is 0.308 e. The number of hydrogen-bond acceptors (Lipinski definition) is 6. The highest BCUT2D eigenvalue weighted by molar-refractivity contribution is 6.02. The van der Waals surface area contributed by atoms with Crippen molar-refractivity contribution in [1.29, 1.82) is 0 Å². The van der Waals surface area contributed by atoms with E-state index in [9.17, 15) is 24.8 Å². The second kappa shape index (κ2) is 9.14. The molecule has 26 heavy (non-hydrogen) atoms. The van der Waals surface area contributed by atoms with Crippen LogP contribution in [0.15, 0.2) is 18.2 Å². The Morgan fingerprint density at radius 1 is 1.38 bits per heavy atom. The topological polar surface area (TPSA) is 122 Å². The van der Waals surface area contributed by atoms with Gasteiger partial charge < -0.3 is 20.1 Å². The lowest BCUT2D eigenvalue weighted by atomic mass is 10.0. The number of carbonyl (C=O) groups excluding carboxylic acids is 1. The average Bonchev–Trinajstić information content (AvgIpc) is 2.64. The molecule has 0 saturated carbocycles. The Morgan fingerprint density at radius 2 is 2.08 bits per heavy atom. The van der Waals surface area contributed by atoms with Crippen LogP contribution in [0.25, 0.3) is 0 Å². The summed E-state index contributed by atoms with van der Waals surface area (Å²) in [5.41, 5.74) is 0.269. The van der Waals surface area contributed by atoms with Crippen LogP contribution in [0.3, 0.4) is 0 Å². The van der Waals surface area contributed by atoms with Gasteiger partial charge in [0.1, 0.15) is 5.69 Å². The van der Waals surface area contributed by atoms with Gasteiger partial charge in [0.15, 0.2) is 0 Å². The van der Waals surface area contributed by atoms with Crippen LogP contribution < -0.4 is 10.2 Å². The quantitative estimate of drug-likeness (QED) is 0.530. The summed E-state index contributed by atoms with van der Waals surface area (Å²) in [5.74, 6) is -2.17. The minimum absolute atomic E-state index is 0.0206. The van der Waals surface area contributed by atoms with Crippen molar-refractivity contribution in [3.63, 3.8) is 0 Å². The molecule has 142 valence electrons. The molecule has 0 spiro atoms. The summed E-state index contributed by atoms with van der Waals surface area (Å²) in [7, 11) is 0. The van der Waals surface area contributed by atoms with Crippen molar-refractivity contribution in [1.82, 2.24) is 5.32 Å². The van der Waals surface area contributed by atoms with Crippen LogP contribution in [0.4, 0.5) is 11.4 Å². The fraction of sp³-hybridized carbons (Fsp3) is 0.529. The zero-order valence-corrected chi connectivity index (χ0v) is 14.6. The Bertz CT molecular complexity index is 672.